The van der Waals surface area contributed by atoms with Crippen LogP contribution in [0.25, 0.3) is 0 Å². The summed E-state index contributed by atoms with van der Waals surface area (Å²) in [6, 6.07) is 0.483. The van der Waals surface area contributed by atoms with Crippen LogP contribution in [0.15, 0.2) is 16.6 Å². The number of fused-ring (bicyclic) bond motifs is 2. The van der Waals surface area contributed by atoms with Crippen LogP contribution in [0.1, 0.15) is 85.0 Å². The maximum atomic E-state index is 5.33. The molecular formula is C27H47N3. The molecule has 0 aromatic heterocycles. The zero-order valence-electron chi connectivity index (χ0n) is 20.5. The molecule has 3 fully saturated rings. The van der Waals surface area contributed by atoms with Crippen molar-refractivity contribution in [1.29, 1.82) is 0 Å². The predicted octanol–water partition coefficient (Wildman–Crippen LogP) is 5.71. The van der Waals surface area contributed by atoms with Gasteiger partial charge in [-0.3, -0.25) is 4.99 Å². The Hall–Kier alpha value is -0.670. The SMILES string of the molecule is CNCCN(C)CC1=CCCC(C)N=C1C1CCC2(CC1)CC(C)(C)CC1CCC12. The first-order valence-electron chi connectivity index (χ1n) is 12.9. The summed E-state index contributed by atoms with van der Waals surface area (Å²) in [5, 5.41) is 3.29. The molecule has 3 atom stereocenters. The van der Waals surface area contributed by atoms with Gasteiger partial charge < -0.3 is 10.2 Å². The lowest BCUT2D eigenvalue weighted by atomic mass is 9.44. The molecule has 1 aliphatic heterocycles. The standard InChI is InChI=1S/C27H47N3/c1-20-7-6-8-23(18-30(5)16-15-28-4)25(29-20)21-11-13-27(14-12-21)19-26(2,3)17-22-9-10-24(22)27/h8,20-22,24,28H,6-7,9-19H2,1-5H3. The summed E-state index contributed by atoms with van der Waals surface area (Å²) in [6.07, 6.45) is 16.6. The lowest BCUT2D eigenvalue weighted by Crippen LogP contribution is -2.52. The zero-order chi connectivity index (χ0) is 21.4. The smallest absolute Gasteiger partial charge is 0.0477 e. The van der Waals surface area contributed by atoms with E-state index in [4.69, 9.17) is 4.99 Å². The molecule has 0 aromatic carbocycles. The third kappa shape index (κ3) is 4.72. The first-order chi connectivity index (χ1) is 14.3. The monoisotopic (exact) mass is 413 g/mol. The van der Waals surface area contributed by atoms with Gasteiger partial charge in [0.15, 0.2) is 0 Å². The van der Waals surface area contributed by atoms with Crippen LogP contribution in [0, 0.1) is 28.6 Å². The maximum Gasteiger partial charge on any atom is 0.0477 e. The summed E-state index contributed by atoms with van der Waals surface area (Å²) in [6.45, 7) is 10.6. The van der Waals surface area contributed by atoms with Crippen LogP contribution in [0.3, 0.4) is 0 Å². The average molecular weight is 414 g/mol. The summed E-state index contributed by atoms with van der Waals surface area (Å²) in [4.78, 5) is 7.80. The van der Waals surface area contributed by atoms with Crippen LogP contribution in [-0.4, -0.2) is 50.4 Å². The van der Waals surface area contributed by atoms with Crippen LogP contribution in [0.2, 0.25) is 0 Å². The van der Waals surface area contributed by atoms with Crippen molar-refractivity contribution in [3.05, 3.63) is 11.6 Å². The molecule has 4 aliphatic rings. The van der Waals surface area contributed by atoms with Crippen molar-refractivity contribution in [1.82, 2.24) is 10.2 Å². The molecule has 1 spiro atoms. The van der Waals surface area contributed by atoms with Crippen molar-refractivity contribution in [2.45, 2.75) is 91.0 Å². The van der Waals surface area contributed by atoms with E-state index in [0.717, 1.165) is 31.5 Å². The number of allylic oxidation sites excluding steroid dienone is 1. The van der Waals surface area contributed by atoms with Crippen molar-refractivity contribution in [3.63, 3.8) is 0 Å². The Bertz CT molecular complexity index is 653. The highest BCUT2D eigenvalue weighted by Gasteiger charge is 2.55. The average Bonchev–Trinajstić information content (AvgIpc) is 2.84. The Kier molecular flexibility index (Phi) is 6.80. The van der Waals surface area contributed by atoms with E-state index < -0.39 is 0 Å². The van der Waals surface area contributed by atoms with Crippen molar-refractivity contribution in [3.8, 4) is 0 Å². The number of aliphatic imine (C=N–C) groups is 1. The largest absolute Gasteiger partial charge is 0.318 e. The molecule has 3 heteroatoms. The second-order valence-electron chi connectivity index (χ2n) is 12.1. The molecule has 3 aliphatic carbocycles. The molecule has 0 saturated heterocycles. The number of nitrogens with one attached hydrogen (secondary N) is 1. The van der Waals surface area contributed by atoms with Gasteiger partial charge in [-0.2, -0.15) is 0 Å². The van der Waals surface area contributed by atoms with Gasteiger partial charge in [-0.05, 0) is 113 Å². The lowest BCUT2D eigenvalue weighted by Gasteiger charge is -2.61. The first-order valence-corrected chi connectivity index (χ1v) is 12.9. The molecular weight excluding hydrogens is 366 g/mol. The van der Waals surface area contributed by atoms with Crippen molar-refractivity contribution in [2.24, 2.45) is 33.6 Å². The molecule has 30 heavy (non-hydrogen) atoms. The summed E-state index contributed by atoms with van der Waals surface area (Å²) in [5.74, 6) is 2.78. The Morgan fingerprint density at radius 2 is 1.90 bits per heavy atom. The van der Waals surface area contributed by atoms with Crippen LogP contribution in [0.4, 0.5) is 0 Å². The summed E-state index contributed by atoms with van der Waals surface area (Å²) >= 11 is 0. The molecule has 0 bridgehead atoms. The highest BCUT2D eigenvalue weighted by molar-refractivity contribution is 6.02. The minimum absolute atomic E-state index is 0.483. The zero-order valence-corrected chi connectivity index (χ0v) is 20.5. The van der Waals surface area contributed by atoms with E-state index in [-0.39, 0.29) is 0 Å². The minimum atomic E-state index is 0.483. The molecule has 3 saturated carbocycles. The van der Waals surface area contributed by atoms with E-state index in [2.05, 4.69) is 44.1 Å². The molecule has 0 amide bonds. The second-order valence-corrected chi connectivity index (χ2v) is 12.1. The van der Waals surface area contributed by atoms with Gasteiger partial charge in [0, 0.05) is 37.3 Å². The quantitative estimate of drug-likeness (QED) is 0.604. The Labute approximate surface area is 186 Å². The minimum Gasteiger partial charge on any atom is -0.318 e. The number of likely N-dealkylation sites (N-methyl/N-ethyl adjacent to an activating group) is 2. The fraction of sp³-hybridized carbons (Fsp3) is 0.889. The van der Waals surface area contributed by atoms with Gasteiger partial charge >= 0.3 is 0 Å². The van der Waals surface area contributed by atoms with Gasteiger partial charge in [-0.15, -0.1) is 0 Å². The Morgan fingerprint density at radius 3 is 2.57 bits per heavy atom. The maximum absolute atomic E-state index is 5.33. The van der Waals surface area contributed by atoms with Crippen molar-refractivity contribution < 1.29 is 0 Å². The van der Waals surface area contributed by atoms with Gasteiger partial charge in [-0.1, -0.05) is 19.9 Å². The van der Waals surface area contributed by atoms with Gasteiger partial charge in [0.25, 0.3) is 0 Å². The molecule has 0 aromatic rings. The fourth-order valence-electron chi connectivity index (χ4n) is 7.67. The summed E-state index contributed by atoms with van der Waals surface area (Å²) in [7, 11) is 4.31. The van der Waals surface area contributed by atoms with E-state index in [1.54, 1.807) is 5.57 Å². The molecule has 1 heterocycles. The van der Waals surface area contributed by atoms with Crippen LogP contribution in [0.5, 0.6) is 0 Å². The molecule has 4 rings (SSSR count). The Balaban J connectivity index is 1.46. The van der Waals surface area contributed by atoms with E-state index >= 15 is 0 Å². The fourth-order valence-corrected chi connectivity index (χ4v) is 7.67. The highest BCUT2D eigenvalue weighted by Crippen LogP contribution is 2.65. The lowest BCUT2D eigenvalue weighted by molar-refractivity contribution is -0.105. The number of hydrogen-bond donors (Lipinski definition) is 1. The topological polar surface area (TPSA) is 27.6 Å². The van der Waals surface area contributed by atoms with Crippen LogP contribution < -0.4 is 5.32 Å². The number of nitrogens with zero attached hydrogens (tertiary/aromatic N) is 2. The van der Waals surface area contributed by atoms with Gasteiger partial charge in [0.05, 0.1) is 0 Å². The molecule has 3 nitrogen and oxygen atoms in total. The molecule has 170 valence electrons. The van der Waals surface area contributed by atoms with Crippen molar-refractivity contribution >= 4 is 5.71 Å². The number of hydrogen-bond acceptors (Lipinski definition) is 3. The van der Waals surface area contributed by atoms with Crippen molar-refractivity contribution in [2.75, 3.05) is 33.7 Å². The van der Waals surface area contributed by atoms with Crippen LogP contribution in [-0.2, 0) is 0 Å². The second kappa shape index (κ2) is 9.06. The summed E-state index contributed by atoms with van der Waals surface area (Å²) in [5.41, 5.74) is 4.26. The van der Waals surface area contributed by atoms with Crippen LogP contribution >= 0.6 is 0 Å². The number of rotatable bonds is 6. The van der Waals surface area contributed by atoms with Gasteiger partial charge in [0.1, 0.15) is 0 Å². The molecule has 0 radical (unpaired) electrons. The van der Waals surface area contributed by atoms with E-state index in [1.165, 1.54) is 69.9 Å². The van der Waals surface area contributed by atoms with Gasteiger partial charge in [0.2, 0.25) is 0 Å². The molecule has 1 N–H and O–H groups in total. The van der Waals surface area contributed by atoms with E-state index in [0.29, 0.717) is 22.8 Å². The first kappa shape index (κ1) is 22.5. The third-order valence-electron chi connectivity index (χ3n) is 9.06. The van der Waals surface area contributed by atoms with E-state index in [9.17, 15) is 0 Å². The highest BCUT2D eigenvalue weighted by atomic mass is 15.1. The van der Waals surface area contributed by atoms with E-state index in [1.807, 2.05) is 7.05 Å². The third-order valence-corrected chi connectivity index (χ3v) is 9.06. The predicted molar refractivity (Wildman–Crippen MR) is 129 cm³/mol. The van der Waals surface area contributed by atoms with Gasteiger partial charge in [-0.25, -0.2) is 0 Å². The normalized spacial score (nSPS) is 38.5. The molecule has 3 unspecified atom stereocenters. The summed E-state index contributed by atoms with van der Waals surface area (Å²) < 4.78 is 0. The Morgan fingerprint density at radius 1 is 1.13 bits per heavy atom.